The topological polar surface area (TPSA) is 21.3 Å². The third-order valence-electron chi connectivity index (χ3n) is 4.02. The third kappa shape index (κ3) is 2.51. The van der Waals surface area contributed by atoms with Crippen molar-refractivity contribution in [3.63, 3.8) is 0 Å². The van der Waals surface area contributed by atoms with Crippen LogP contribution < -0.4 is 10.1 Å². The van der Waals surface area contributed by atoms with Crippen molar-refractivity contribution in [2.45, 2.75) is 44.6 Å². The van der Waals surface area contributed by atoms with E-state index in [1.165, 1.54) is 25.3 Å². The Bertz CT molecular complexity index is 397. The van der Waals surface area contributed by atoms with E-state index in [2.05, 4.69) is 12.2 Å². The van der Waals surface area contributed by atoms with E-state index in [4.69, 9.17) is 4.74 Å². The van der Waals surface area contributed by atoms with Gasteiger partial charge in [0.2, 0.25) is 0 Å². The summed E-state index contributed by atoms with van der Waals surface area (Å²) >= 11 is 0. The van der Waals surface area contributed by atoms with Crippen LogP contribution in [-0.2, 0) is 5.54 Å². The number of benzene rings is 1. The minimum Gasteiger partial charge on any atom is -0.496 e. The maximum atomic E-state index is 13.6. The van der Waals surface area contributed by atoms with Crippen LogP contribution in [0.25, 0.3) is 0 Å². The molecule has 0 aromatic heterocycles. The molecule has 1 aromatic carbocycles. The van der Waals surface area contributed by atoms with Crippen LogP contribution in [0.15, 0.2) is 18.2 Å². The Morgan fingerprint density at radius 3 is 2.89 bits per heavy atom. The smallest absolute Gasteiger partial charge is 0.124 e. The predicted octanol–water partition coefficient (Wildman–Crippen LogP) is 3.60. The first-order valence-electron chi connectivity index (χ1n) is 6.81. The van der Waals surface area contributed by atoms with Gasteiger partial charge in [-0.15, -0.1) is 0 Å². The number of nitrogens with one attached hydrogen (secondary N) is 1. The second kappa shape index (κ2) is 5.70. The van der Waals surface area contributed by atoms with Crippen molar-refractivity contribution in [3.05, 3.63) is 29.6 Å². The highest BCUT2D eigenvalue weighted by Crippen LogP contribution is 2.38. The summed E-state index contributed by atoms with van der Waals surface area (Å²) in [5, 5.41) is 3.62. The molecule has 0 aliphatic carbocycles. The molecule has 2 nitrogen and oxygen atoms in total. The summed E-state index contributed by atoms with van der Waals surface area (Å²) in [6.07, 6.45) is 5.61. The van der Waals surface area contributed by atoms with Crippen LogP contribution in [0.1, 0.15) is 44.6 Å². The van der Waals surface area contributed by atoms with E-state index in [9.17, 15) is 4.39 Å². The molecule has 1 unspecified atom stereocenters. The van der Waals surface area contributed by atoms with Crippen LogP contribution in [0.4, 0.5) is 4.39 Å². The zero-order valence-electron chi connectivity index (χ0n) is 11.3. The number of rotatable bonds is 3. The summed E-state index contributed by atoms with van der Waals surface area (Å²) in [6.45, 7) is 3.15. The molecule has 0 bridgehead atoms. The number of ether oxygens (including phenoxy) is 1. The maximum absolute atomic E-state index is 13.6. The van der Waals surface area contributed by atoms with Gasteiger partial charge in [0.1, 0.15) is 11.6 Å². The van der Waals surface area contributed by atoms with E-state index in [0.29, 0.717) is 0 Å². The van der Waals surface area contributed by atoms with Gasteiger partial charge < -0.3 is 10.1 Å². The lowest BCUT2D eigenvalue weighted by Crippen LogP contribution is -2.41. The van der Waals surface area contributed by atoms with E-state index < -0.39 is 0 Å². The van der Waals surface area contributed by atoms with Crippen LogP contribution >= 0.6 is 0 Å². The third-order valence-corrected chi connectivity index (χ3v) is 4.02. The zero-order valence-corrected chi connectivity index (χ0v) is 11.3. The molecule has 3 heteroatoms. The highest BCUT2D eigenvalue weighted by Gasteiger charge is 2.33. The molecule has 1 saturated heterocycles. The maximum Gasteiger partial charge on any atom is 0.124 e. The summed E-state index contributed by atoms with van der Waals surface area (Å²) < 4.78 is 19.0. The number of hydrogen-bond acceptors (Lipinski definition) is 2. The normalized spacial score (nSPS) is 24.6. The largest absolute Gasteiger partial charge is 0.496 e. The van der Waals surface area contributed by atoms with Gasteiger partial charge in [0.25, 0.3) is 0 Å². The molecule has 18 heavy (non-hydrogen) atoms. The van der Waals surface area contributed by atoms with Gasteiger partial charge in [0.15, 0.2) is 0 Å². The van der Waals surface area contributed by atoms with Gasteiger partial charge >= 0.3 is 0 Å². The van der Waals surface area contributed by atoms with E-state index in [1.807, 2.05) is 0 Å². The Morgan fingerprint density at radius 1 is 1.33 bits per heavy atom. The Balaban J connectivity index is 2.44. The minimum atomic E-state index is -0.190. The van der Waals surface area contributed by atoms with Gasteiger partial charge in [-0.1, -0.05) is 19.8 Å². The first kappa shape index (κ1) is 13.3. The SMILES string of the molecule is CCC1(c2cc(F)ccc2OC)CCCCCN1. The molecular formula is C15H22FNO. The van der Waals surface area contributed by atoms with Crippen LogP contribution in [0, 0.1) is 5.82 Å². The van der Waals surface area contributed by atoms with E-state index in [-0.39, 0.29) is 11.4 Å². The van der Waals surface area contributed by atoms with Gasteiger partial charge in [-0.05, 0) is 44.0 Å². The lowest BCUT2D eigenvalue weighted by Gasteiger charge is -2.34. The van der Waals surface area contributed by atoms with Crippen molar-refractivity contribution in [1.82, 2.24) is 5.32 Å². The average molecular weight is 251 g/mol. The van der Waals surface area contributed by atoms with Crippen molar-refractivity contribution in [3.8, 4) is 5.75 Å². The molecule has 1 aromatic rings. The van der Waals surface area contributed by atoms with Crippen LogP contribution in [-0.4, -0.2) is 13.7 Å². The molecule has 1 aliphatic rings. The molecule has 0 radical (unpaired) electrons. The first-order chi connectivity index (χ1) is 8.72. The Morgan fingerprint density at radius 2 is 2.17 bits per heavy atom. The fraction of sp³-hybridized carbons (Fsp3) is 0.600. The molecule has 0 amide bonds. The van der Waals surface area contributed by atoms with Crippen molar-refractivity contribution in [2.75, 3.05) is 13.7 Å². The molecule has 1 N–H and O–H groups in total. The Kier molecular flexibility index (Phi) is 4.23. The monoisotopic (exact) mass is 251 g/mol. The van der Waals surface area contributed by atoms with Crippen molar-refractivity contribution in [1.29, 1.82) is 0 Å². The predicted molar refractivity (Wildman–Crippen MR) is 71.4 cm³/mol. The molecule has 2 rings (SSSR count). The van der Waals surface area contributed by atoms with E-state index in [0.717, 1.165) is 30.7 Å². The first-order valence-corrected chi connectivity index (χ1v) is 6.81. The summed E-state index contributed by atoms with van der Waals surface area (Å²) in [5.74, 6) is 0.595. The molecular weight excluding hydrogens is 229 g/mol. The molecule has 0 saturated carbocycles. The summed E-state index contributed by atoms with van der Waals surface area (Å²) in [6, 6.07) is 4.82. The van der Waals surface area contributed by atoms with E-state index in [1.54, 1.807) is 19.2 Å². The Hall–Kier alpha value is -1.09. The van der Waals surface area contributed by atoms with Gasteiger partial charge in [-0.2, -0.15) is 0 Å². The number of methoxy groups -OCH3 is 1. The average Bonchev–Trinajstić information content (AvgIpc) is 2.65. The summed E-state index contributed by atoms with van der Waals surface area (Å²) in [4.78, 5) is 0. The molecule has 1 heterocycles. The highest BCUT2D eigenvalue weighted by molar-refractivity contribution is 5.40. The summed E-state index contributed by atoms with van der Waals surface area (Å²) in [5.41, 5.74) is 0.832. The minimum absolute atomic E-state index is 0.135. The number of halogens is 1. The van der Waals surface area contributed by atoms with Gasteiger partial charge in [0, 0.05) is 11.1 Å². The van der Waals surface area contributed by atoms with E-state index >= 15 is 0 Å². The van der Waals surface area contributed by atoms with Crippen molar-refractivity contribution in [2.24, 2.45) is 0 Å². The number of hydrogen-bond donors (Lipinski definition) is 1. The van der Waals surface area contributed by atoms with Gasteiger partial charge in [-0.3, -0.25) is 0 Å². The Labute approximate surface area is 109 Å². The highest BCUT2D eigenvalue weighted by atomic mass is 19.1. The van der Waals surface area contributed by atoms with Gasteiger partial charge in [-0.25, -0.2) is 4.39 Å². The van der Waals surface area contributed by atoms with Crippen LogP contribution in [0.5, 0.6) is 5.75 Å². The standard InChI is InChI=1S/C15H22FNO/c1-3-15(9-5-4-6-10-17-15)13-11-12(16)7-8-14(13)18-2/h7-8,11,17H,3-6,9-10H2,1-2H3. The fourth-order valence-corrected chi connectivity index (χ4v) is 2.92. The quantitative estimate of drug-likeness (QED) is 0.886. The lowest BCUT2D eigenvalue weighted by atomic mass is 9.82. The molecule has 0 spiro atoms. The molecule has 100 valence electrons. The van der Waals surface area contributed by atoms with Crippen molar-refractivity contribution < 1.29 is 9.13 Å². The summed E-state index contributed by atoms with van der Waals surface area (Å²) in [7, 11) is 1.65. The van der Waals surface area contributed by atoms with Crippen LogP contribution in [0.2, 0.25) is 0 Å². The van der Waals surface area contributed by atoms with Crippen LogP contribution in [0.3, 0.4) is 0 Å². The molecule has 1 atom stereocenters. The second-order valence-electron chi connectivity index (χ2n) is 5.02. The molecule has 1 aliphatic heterocycles. The fourth-order valence-electron chi connectivity index (χ4n) is 2.92. The zero-order chi connectivity index (χ0) is 13.0. The van der Waals surface area contributed by atoms with Gasteiger partial charge in [0.05, 0.1) is 7.11 Å². The lowest BCUT2D eigenvalue weighted by molar-refractivity contribution is 0.294. The second-order valence-corrected chi connectivity index (χ2v) is 5.02. The van der Waals surface area contributed by atoms with Crippen molar-refractivity contribution >= 4 is 0 Å². The molecule has 1 fully saturated rings.